The average molecular weight is 409 g/mol. The van der Waals surface area contributed by atoms with Gasteiger partial charge in [-0.2, -0.15) is 0 Å². The molecule has 0 aliphatic carbocycles. The lowest BCUT2D eigenvalue weighted by molar-refractivity contribution is 1.12. The smallest absolute Gasteiger partial charge is 0.00165 e. The molecule has 0 aliphatic rings. The Balaban J connectivity index is 1.71. The highest BCUT2D eigenvalue weighted by Crippen LogP contribution is 2.37. The summed E-state index contributed by atoms with van der Waals surface area (Å²) in [6.07, 6.45) is 1.87. The largest absolute Gasteiger partial charge is 0.0622 e. The minimum atomic E-state index is 0.933. The van der Waals surface area contributed by atoms with Crippen LogP contribution in [0, 0.1) is 0 Å². The molecule has 0 aliphatic heterocycles. The van der Waals surface area contributed by atoms with Crippen molar-refractivity contribution in [3.05, 3.63) is 144 Å². The van der Waals surface area contributed by atoms with Crippen LogP contribution in [0.25, 0.3) is 32.3 Å². The van der Waals surface area contributed by atoms with E-state index < -0.39 is 0 Å². The summed E-state index contributed by atoms with van der Waals surface area (Å²) in [5.74, 6) is 0. The molecule has 0 heteroatoms. The Hall–Kier alpha value is -3.90. The summed E-state index contributed by atoms with van der Waals surface area (Å²) < 4.78 is 0. The third-order valence-corrected chi connectivity index (χ3v) is 6.57. The van der Waals surface area contributed by atoms with Crippen LogP contribution in [0.3, 0.4) is 0 Å². The molecular weight excluding hydrogens is 384 g/mol. The molecule has 6 rings (SSSR count). The van der Waals surface area contributed by atoms with Crippen molar-refractivity contribution in [2.24, 2.45) is 0 Å². The number of rotatable bonds is 4. The highest BCUT2D eigenvalue weighted by Gasteiger charge is 2.16. The lowest BCUT2D eigenvalue weighted by Crippen LogP contribution is -2.01. The molecule has 0 radical (unpaired) electrons. The molecule has 0 saturated heterocycles. The van der Waals surface area contributed by atoms with Crippen LogP contribution in [-0.2, 0) is 12.8 Å². The van der Waals surface area contributed by atoms with Crippen LogP contribution in [0.5, 0.6) is 0 Å². The number of benzene rings is 6. The van der Waals surface area contributed by atoms with Gasteiger partial charge in [-0.1, -0.05) is 109 Å². The van der Waals surface area contributed by atoms with Crippen molar-refractivity contribution >= 4 is 32.3 Å². The van der Waals surface area contributed by atoms with E-state index in [2.05, 4.69) is 121 Å². The molecule has 32 heavy (non-hydrogen) atoms. The molecular formula is C32H24. The second-order valence-corrected chi connectivity index (χ2v) is 8.57. The normalized spacial score (nSPS) is 11.4. The summed E-state index contributed by atoms with van der Waals surface area (Å²) in [6.45, 7) is 0. The first-order valence-electron chi connectivity index (χ1n) is 11.3. The van der Waals surface area contributed by atoms with E-state index in [1.807, 2.05) is 0 Å². The summed E-state index contributed by atoms with van der Waals surface area (Å²) in [5, 5.41) is 8.03. The van der Waals surface area contributed by atoms with Crippen molar-refractivity contribution < 1.29 is 0 Å². The topological polar surface area (TPSA) is 0 Å². The predicted molar refractivity (Wildman–Crippen MR) is 137 cm³/mol. The molecule has 0 saturated carbocycles. The van der Waals surface area contributed by atoms with Crippen LogP contribution in [0.15, 0.2) is 121 Å². The Bertz CT molecular complexity index is 1540. The fourth-order valence-electron chi connectivity index (χ4n) is 5.02. The number of fused-ring (bicyclic) bond motifs is 4. The third kappa shape index (κ3) is 3.35. The molecule has 0 N–H and O–H groups in total. The average Bonchev–Trinajstić information content (AvgIpc) is 2.86. The van der Waals surface area contributed by atoms with Crippen molar-refractivity contribution in [1.29, 1.82) is 0 Å². The number of hydrogen-bond donors (Lipinski definition) is 0. The molecule has 0 atom stereocenters. The van der Waals surface area contributed by atoms with Crippen LogP contribution in [-0.4, -0.2) is 0 Å². The maximum atomic E-state index is 2.41. The Morgan fingerprint density at radius 2 is 0.781 bits per heavy atom. The monoisotopic (exact) mass is 408 g/mol. The van der Waals surface area contributed by atoms with Crippen LogP contribution >= 0.6 is 0 Å². The van der Waals surface area contributed by atoms with Crippen LogP contribution in [0.4, 0.5) is 0 Å². The fraction of sp³-hybridized carbons (Fsp3) is 0.0625. The Kier molecular flexibility index (Phi) is 4.70. The van der Waals surface area contributed by atoms with Crippen LogP contribution in [0.1, 0.15) is 22.3 Å². The van der Waals surface area contributed by atoms with E-state index in [9.17, 15) is 0 Å². The zero-order valence-electron chi connectivity index (χ0n) is 18.0. The minimum absolute atomic E-state index is 0.933. The quantitative estimate of drug-likeness (QED) is 0.203. The van der Waals surface area contributed by atoms with Gasteiger partial charge in [0.25, 0.3) is 0 Å². The second-order valence-electron chi connectivity index (χ2n) is 8.57. The fourth-order valence-corrected chi connectivity index (χ4v) is 5.02. The van der Waals surface area contributed by atoms with Gasteiger partial charge < -0.3 is 0 Å². The van der Waals surface area contributed by atoms with E-state index in [0.29, 0.717) is 0 Å². The molecule has 0 fully saturated rings. The van der Waals surface area contributed by atoms with Gasteiger partial charge in [-0.25, -0.2) is 0 Å². The molecule has 0 aromatic heterocycles. The summed E-state index contributed by atoms with van der Waals surface area (Å²) in [5.41, 5.74) is 5.59. The zero-order valence-corrected chi connectivity index (χ0v) is 18.0. The lowest BCUT2D eigenvalue weighted by atomic mass is 9.85. The van der Waals surface area contributed by atoms with Crippen molar-refractivity contribution in [3.8, 4) is 0 Å². The molecule has 0 amide bonds. The van der Waals surface area contributed by atoms with Crippen LogP contribution < -0.4 is 0 Å². The van der Waals surface area contributed by atoms with E-state index in [1.54, 1.807) is 0 Å². The van der Waals surface area contributed by atoms with Crippen molar-refractivity contribution in [1.82, 2.24) is 0 Å². The zero-order chi connectivity index (χ0) is 21.3. The van der Waals surface area contributed by atoms with Gasteiger partial charge >= 0.3 is 0 Å². The van der Waals surface area contributed by atoms with E-state index in [4.69, 9.17) is 0 Å². The summed E-state index contributed by atoms with van der Waals surface area (Å²) in [7, 11) is 0. The highest BCUT2D eigenvalue weighted by molar-refractivity contribution is 6.15. The van der Waals surface area contributed by atoms with Gasteiger partial charge in [-0.15, -0.1) is 0 Å². The first kappa shape index (κ1) is 18.8. The molecule has 152 valence electrons. The summed E-state index contributed by atoms with van der Waals surface area (Å²) in [4.78, 5) is 0. The molecule has 0 heterocycles. The SMILES string of the molecule is c1ccc(Cc2c(Cc3ccccc3)c3cc4ccccc4cc3c3ccccc23)cc1. The maximum Gasteiger partial charge on any atom is -0.00165 e. The van der Waals surface area contributed by atoms with Gasteiger partial charge in [0.1, 0.15) is 0 Å². The highest BCUT2D eigenvalue weighted by atomic mass is 14.2. The van der Waals surface area contributed by atoms with Gasteiger partial charge in [-0.3, -0.25) is 0 Å². The molecule has 0 nitrogen and oxygen atoms in total. The van der Waals surface area contributed by atoms with Crippen molar-refractivity contribution in [3.63, 3.8) is 0 Å². The first-order chi connectivity index (χ1) is 15.9. The summed E-state index contributed by atoms with van der Waals surface area (Å²) in [6, 6.07) is 44.2. The Morgan fingerprint density at radius 1 is 0.344 bits per heavy atom. The Morgan fingerprint density at radius 3 is 1.38 bits per heavy atom. The van der Waals surface area contributed by atoms with Gasteiger partial charge in [0.15, 0.2) is 0 Å². The third-order valence-electron chi connectivity index (χ3n) is 6.57. The van der Waals surface area contributed by atoms with Crippen LogP contribution in [0.2, 0.25) is 0 Å². The second kappa shape index (κ2) is 7.98. The van der Waals surface area contributed by atoms with Gasteiger partial charge in [0.2, 0.25) is 0 Å². The van der Waals surface area contributed by atoms with E-state index >= 15 is 0 Å². The molecule has 0 spiro atoms. The van der Waals surface area contributed by atoms with Crippen molar-refractivity contribution in [2.45, 2.75) is 12.8 Å². The Labute approximate surface area is 188 Å². The maximum absolute atomic E-state index is 2.41. The van der Waals surface area contributed by atoms with Gasteiger partial charge in [0, 0.05) is 0 Å². The van der Waals surface area contributed by atoms with Gasteiger partial charge in [-0.05, 0) is 79.5 Å². The minimum Gasteiger partial charge on any atom is -0.0622 e. The first-order valence-corrected chi connectivity index (χ1v) is 11.3. The molecule has 0 bridgehead atoms. The van der Waals surface area contributed by atoms with Gasteiger partial charge in [0.05, 0.1) is 0 Å². The van der Waals surface area contributed by atoms with E-state index in [0.717, 1.165) is 12.8 Å². The number of hydrogen-bond acceptors (Lipinski definition) is 0. The van der Waals surface area contributed by atoms with E-state index in [1.165, 1.54) is 54.6 Å². The standard InChI is InChI=1S/C32H24/c1-3-11-23(12-4-1)19-29-27-17-9-10-18-28(27)31-21-25-15-7-8-16-26(25)22-32(31)30(29)20-24-13-5-2-6-14-24/h1-18,21-22H,19-20H2. The predicted octanol–water partition coefficient (Wildman–Crippen LogP) is 8.33. The van der Waals surface area contributed by atoms with E-state index in [-0.39, 0.29) is 0 Å². The lowest BCUT2D eigenvalue weighted by Gasteiger charge is -2.19. The van der Waals surface area contributed by atoms with Crippen molar-refractivity contribution in [2.75, 3.05) is 0 Å². The summed E-state index contributed by atoms with van der Waals surface area (Å²) >= 11 is 0. The molecule has 0 unspecified atom stereocenters. The molecule has 6 aromatic carbocycles. The molecule has 6 aromatic rings.